The molecule has 0 aliphatic rings. The van der Waals surface area contributed by atoms with Crippen LogP contribution in [-0.2, 0) is 0 Å². The molecule has 0 saturated heterocycles. The van der Waals surface area contributed by atoms with Crippen molar-refractivity contribution in [2.24, 2.45) is 5.73 Å². The molecule has 18 heavy (non-hydrogen) atoms. The number of benzene rings is 1. The van der Waals surface area contributed by atoms with Crippen LogP contribution in [0.3, 0.4) is 0 Å². The van der Waals surface area contributed by atoms with E-state index in [1.807, 2.05) is 0 Å². The number of hydrogen-bond donors (Lipinski definition) is 2. The molecule has 1 heterocycles. The molecular formula is C13H12FN3O. The van der Waals surface area contributed by atoms with Gasteiger partial charge in [-0.15, -0.1) is 0 Å². The van der Waals surface area contributed by atoms with Crippen molar-refractivity contribution in [3.05, 3.63) is 53.5 Å². The standard InChI is InChI=1S/C13H12FN3O/c1-8-4-2-6-10(11(8)14)18-13-9(12(15)16)5-3-7-17-13/h2-7H,1H3,(H3,15,16). The highest BCUT2D eigenvalue weighted by Gasteiger charge is 2.12. The molecule has 0 fully saturated rings. The average Bonchev–Trinajstić information content (AvgIpc) is 2.35. The van der Waals surface area contributed by atoms with E-state index in [9.17, 15) is 4.39 Å². The summed E-state index contributed by atoms with van der Waals surface area (Å²) in [6, 6.07) is 8.06. The van der Waals surface area contributed by atoms with Crippen LogP contribution < -0.4 is 10.5 Å². The van der Waals surface area contributed by atoms with Crippen LogP contribution in [0.1, 0.15) is 11.1 Å². The van der Waals surface area contributed by atoms with E-state index in [1.54, 1.807) is 31.2 Å². The van der Waals surface area contributed by atoms with Crippen LogP contribution in [0.5, 0.6) is 11.6 Å². The number of halogens is 1. The van der Waals surface area contributed by atoms with Crippen LogP contribution in [0, 0.1) is 18.2 Å². The van der Waals surface area contributed by atoms with Gasteiger partial charge in [-0.1, -0.05) is 12.1 Å². The summed E-state index contributed by atoms with van der Waals surface area (Å²) < 4.78 is 19.2. The zero-order valence-electron chi connectivity index (χ0n) is 9.77. The van der Waals surface area contributed by atoms with Crippen molar-refractivity contribution in [3.8, 4) is 11.6 Å². The second kappa shape index (κ2) is 4.83. The fourth-order valence-electron chi connectivity index (χ4n) is 1.48. The van der Waals surface area contributed by atoms with Gasteiger partial charge in [0.05, 0.1) is 5.56 Å². The van der Waals surface area contributed by atoms with Crippen LogP contribution in [0.25, 0.3) is 0 Å². The molecule has 1 aromatic heterocycles. The van der Waals surface area contributed by atoms with Gasteiger partial charge in [0.15, 0.2) is 11.6 Å². The second-order valence-corrected chi connectivity index (χ2v) is 3.76. The van der Waals surface area contributed by atoms with E-state index in [2.05, 4.69) is 4.98 Å². The molecule has 5 heteroatoms. The van der Waals surface area contributed by atoms with Gasteiger partial charge < -0.3 is 10.5 Å². The fraction of sp³-hybridized carbons (Fsp3) is 0.0769. The Morgan fingerprint density at radius 3 is 2.83 bits per heavy atom. The molecule has 2 rings (SSSR count). The van der Waals surface area contributed by atoms with Crippen molar-refractivity contribution in [1.82, 2.24) is 4.98 Å². The molecule has 4 nitrogen and oxygen atoms in total. The van der Waals surface area contributed by atoms with Crippen molar-refractivity contribution in [2.75, 3.05) is 0 Å². The van der Waals surface area contributed by atoms with E-state index in [0.29, 0.717) is 11.1 Å². The minimum absolute atomic E-state index is 0.0659. The lowest BCUT2D eigenvalue weighted by Gasteiger charge is -2.10. The molecule has 0 bridgehead atoms. The van der Waals surface area contributed by atoms with Gasteiger partial charge in [0.25, 0.3) is 0 Å². The Morgan fingerprint density at radius 2 is 2.11 bits per heavy atom. The number of hydrogen-bond acceptors (Lipinski definition) is 3. The smallest absolute Gasteiger partial charge is 0.230 e. The van der Waals surface area contributed by atoms with E-state index in [4.69, 9.17) is 15.9 Å². The Kier molecular flexibility index (Phi) is 3.23. The number of amidine groups is 1. The molecule has 3 N–H and O–H groups in total. The first-order valence-corrected chi connectivity index (χ1v) is 5.32. The SMILES string of the molecule is Cc1cccc(Oc2ncccc2C(=N)N)c1F. The molecule has 0 amide bonds. The van der Waals surface area contributed by atoms with Crippen LogP contribution in [0.4, 0.5) is 4.39 Å². The molecule has 0 aliphatic carbocycles. The third kappa shape index (κ3) is 2.29. The highest BCUT2D eigenvalue weighted by Crippen LogP contribution is 2.26. The zero-order valence-corrected chi connectivity index (χ0v) is 9.77. The Balaban J connectivity index is 2.40. The average molecular weight is 245 g/mol. The van der Waals surface area contributed by atoms with Gasteiger partial charge in [-0.2, -0.15) is 0 Å². The number of ether oxygens (including phenoxy) is 1. The molecular weight excluding hydrogens is 233 g/mol. The predicted molar refractivity (Wildman–Crippen MR) is 66.5 cm³/mol. The van der Waals surface area contributed by atoms with Crippen molar-refractivity contribution in [3.63, 3.8) is 0 Å². The van der Waals surface area contributed by atoms with Gasteiger partial charge in [0, 0.05) is 6.20 Å². The zero-order chi connectivity index (χ0) is 13.1. The van der Waals surface area contributed by atoms with Crippen molar-refractivity contribution in [2.45, 2.75) is 6.92 Å². The summed E-state index contributed by atoms with van der Waals surface area (Å²) in [5.74, 6) is -0.436. The van der Waals surface area contributed by atoms with Gasteiger partial charge in [-0.05, 0) is 30.7 Å². The summed E-state index contributed by atoms with van der Waals surface area (Å²) in [5, 5.41) is 7.40. The lowest BCUT2D eigenvalue weighted by molar-refractivity contribution is 0.424. The first-order chi connectivity index (χ1) is 8.59. The van der Waals surface area contributed by atoms with E-state index in [1.165, 1.54) is 12.3 Å². The number of nitrogens with zero attached hydrogens (tertiary/aromatic N) is 1. The second-order valence-electron chi connectivity index (χ2n) is 3.76. The van der Waals surface area contributed by atoms with Gasteiger partial charge in [0.1, 0.15) is 5.84 Å². The highest BCUT2D eigenvalue weighted by molar-refractivity contribution is 5.97. The number of rotatable bonds is 3. The maximum Gasteiger partial charge on any atom is 0.230 e. The Labute approximate surface area is 104 Å². The minimum Gasteiger partial charge on any atom is -0.435 e. The Morgan fingerprint density at radius 1 is 1.33 bits per heavy atom. The van der Waals surface area contributed by atoms with Gasteiger partial charge in [-0.25, -0.2) is 9.37 Å². The quantitative estimate of drug-likeness (QED) is 0.645. The number of aromatic nitrogens is 1. The van der Waals surface area contributed by atoms with Gasteiger partial charge in [-0.3, -0.25) is 5.41 Å². The van der Waals surface area contributed by atoms with Crippen LogP contribution in [0.2, 0.25) is 0 Å². The molecule has 0 radical (unpaired) electrons. The summed E-state index contributed by atoms with van der Waals surface area (Å²) in [6.45, 7) is 1.65. The van der Waals surface area contributed by atoms with Crippen molar-refractivity contribution < 1.29 is 9.13 Å². The first kappa shape index (κ1) is 12.0. The van der Waals surface area contributed by atoms with Crippen molar-refractivity contribution >= 4 is 5.84 Å². The van der Waals surface area contributed by atoms with E-state index < -0.39 is 5.82 Å². The highest BCUT2D eigenvalue weighted by atomic mass is 19.1. The first-order valence-electron chi connectivity index (χ1n) is 5.32. The molecule has 0 aliphatic heterocycles. The third-order valence-corrected chi connectivity index (χ3v) is 2.42. The summed E-state index contributed by atoms with van der Waals surface area (Å²) >= 11 is 0. The van der Waals surface area contributed by atoms with Gasteiger partial charge in [0.2, 0.25) is 5.88 Å². The van der Waals surface area contributed by atoms with E-state index in [-0.39, 0.29) is 17.5 Å². The van der Waals surface area contributed by atoms with Crippen molar-refractivity contribution in [1.29, 1.82) is 5.41 Å². The Hall–Kier alpha value is -2.43. The fourth-order valence-corrected chi connectivity index (χ4v) is 1.48. The summed E-state index contributed by atoms with van der Waals surface area (Å²) in [6.07, 6.45) is 1.50. The third-order valence-electron chi connectivity index (χ3n) is 2.42. The molecule has 0 unspecified atom stereocenters. The van der Waals surface area contributed by atoms with Crippen LogP contribution in [-0.4, -0.2) is 10.8 Å². The maximum absolute atomic E-state index is 13.8. The number of nitrogen functional groups attached to an aromatic ring is 1. The molecule has 0 atom stereocenters. The predicted octanol–water partition coefficient (Wildman–Crippen LogP) is 2.61. The minimum atomic E-state index is -0.447. The Bertz CT molecular complexity index is 599. The molecule has 92 valence electrons. The number of pyridine rings is 1. The number of nitrogens with two attached hydrogens (primary N) is 1. The molecule has 0 saturated carbocycles. The largest absolute Gasteiger partial charge is 0.435 e. The van der Waals surface area contributed by atoms with Crippen LogP contribution in [0.15, 0.2) is 36.5 Å². The van der Waals surface area contributed by atoms with Crippen LogP contribution >= 0.6 is 0 Å². The summed E-state index contributed by atoms with van der Waals surface area (Å²) in [5.41, 5.74) is 6.22. The lowest BCUT2D eigenvalue weighted by Crippen LogP contribution is -2.13. The van der Waals surface area contributed by atoms with E-state index in [0.717, 1.165) is 0 Å². The number of aryl methyl sites for hydroxylation is 1. The molecule has 2 aromatic rings. The summed E-state index contributed by atoms with van der Waals surface area (Å²) in [7, 11) is 0. The lowest BCUT2D eigenvalue weighted by atomic mass is 10.2. The molecule has 0 spiro atoms. The normalized spacial score (nSPS) is 10.1. The topological polar surface area (TPSA) is 72.0 Å². The molecule has 1 aromatic carbocycles. The summed E-state index contributed by atoms with van der Waals surface area (Å²) in [4.78, 5) is 3.96. The van der Waals surface area contributed by atoms with Gasteiger partial charge >= 0.3 is 0 Å². The van der Waals surface area contributed by atoms with E-state index >= 15 is 0 Å². The maximum atomic E-state index is 13.8. The number of nitrogens with one attached hydrogen (secondary N) is 1. The monoisotopic (exact) mass is 245 g/mol.